The van der Waals surface area contributed by atoms with E-state index in [1.807, 2.05) is 24.3 Å². The molecule has 0 aliphatic carbocycles. The number of aromatic nitrogens is 2. The average Bonchev–Trinajstić information content (AvgIpc) is 2.73. The number of fused-ring (bicyclic) bond motifs is 1. The SMILES string of the molecule is O=[N+]([O-])c1ccc([C@@H](Nc2ccccn2)c2c(O)ccc3ncccc23)cc1. The maximum Gasteiger partial charge on any atom is 0.269 e. The monoisotopic (exact) mass is 372 g/mol. The van der Waals surface area contributed by atoms with Gasteiger partial charge in [0.15, 0.2) is 0 Å². The number of hydrogen-bond acceptors (Lipinski definition) is 6. The third-order valence-corrected chi connectivity index (χ3v) is 4.49. The Balaban J connectivity index is 1.88. The topological polar surface area (TPSA) is 101 Å². The second kappa shape index (κ2) is 7.32. The molecule has 0 saturated carbocycles. The number of hydrogen-bond donors (Lipinski definition) is 2. The Morgan fingerprint density at radius 1 is 0.929 bits per heavy atom. The Morgan fingerprint density at radius 2 is 1.71 bits per heavy atom. The molecule has 0 fully saturated rings. The summed E-state index contributed by atoms with van der Waals surface area (Å²) in [5.74, 6) is 0.721. The molecule has 0 radical (unpaired) electrons. The van der Waals surface area contributed by atoms with Crippen LogP contribution in [0.3, 0.4) is 0 Å². The van der Waals surface area contributed by atoms with Crippen molar-refractivity contribution in [1.29, 1.82) is 0 Å². The maximum atomic E-state index is 11.0. The van der Waals surface area contributed by atoms with Crippen molar-refractivity contribution in [3.8, 4) is 5.75 Å². The molecule has 2 N–H and O–H groups in total. The van der Waals surface area contributed by atoms with E-state index in [-0.39, 0.29) is 11.4 Å². The van der Waals surface area contributed by atoms with Crippen molar-refractivity contribution in [2.75, 3.05) is 5.32 Å². The average molecular weight is 372 g/mol. The second-order valence-electron chi connectivity index (χ2n) is 6.21. The lowest BCUT2D eigenvalue weighted by Crippen LogP contribution is -2.14. The number of aromatic hydroxyl groups is 1. The van der Waals surface area contributed by atoms with Gasteiger partial charge >= 0.3 is 0 Å². The number of phenolic OH excluding ortho intramolecular Hbond substituents is 1. The first-order valence-electron chi connectivity index (χ1n) is 8.62. The predicted octanol–water partition coefficient (Wildman–Crippen LogP) is 4.45. The standard InChI is InChI=1S/C21H16N4O3/c26-18-11-10-17-16(4-3-13-22-17)20(18)21(24-19-5-1-2-12-23-19)14-6-8-15(9-7-14)25(27)28/h1-13,21,26H,(H,23,24)/t21-/m1/s1. The van der Waals surface area contributed by atoms with Crippen molar-refractivity contribution in [3.63, 3.8) is 0 Å². The summed E-state index contributed by atoms with van der Waals surface area (Å²) in [6.07, 6.45) is 3.36. The van der Waals surface area contributed by atoms with Crippen LogP contribution >= 0.6 is 0 Å². The van der Waals surface area contributed by atoms with E-state index >= 15 is 0 Å². The van der Waals surface area contributed by atoms with Crippen LogP contribution < -0.4 is 5.32 Å². The third kappa shape index (κ3) is 3.33. The van der Waals surface area contributed by atoms with Crippen LogP contribution in [0.2, 0.25) is 0 Å². The summed E-state index contributed by atoms with van der Waals surface area (Å²) >= 11 is 0. The minimum atomic E-state index is -0.483. The minimum absolute atomic E-state index is 0.00384. The number of rotatable bonds is 5. The molecule has 2 aromatic carbocycles. The predicted molar refractivity (Wildman–Crippen MR) is 106 cm³/mol. The summed E-state index contributed by atoms with van der Waals surface area (Å²) < 4.78 is 0. The van der Waals surface area contributed by atoms with E-state index in [0.29, 0.717) is 11.4 Å². The number of nitrogens with one attached hydrogen (secondary N) is 1. The first-order valence-corrected chi connectivity index (χ1v) is 8.62. The molecular weight excluding hydrogens is 356 g/mol. The zero-order valence-electron chi connectivity index (χ0n) is 14.7. The van der Waals surface area contributed by atoms with E-state index in [1.165, 1.54) is 12.1 Å². The fourth-order valence-electron chi connectivity index (χ4n) is 3.17. The molecule has 138 valence electrons. The molecule has 7 nitrogen and oxygen atoms in total. The number of nitro groups is 1. The molecule has 2 aromatic heterocycles. The molecule has 0 aliphatic heterocycles. The number of anilines is 1. The van der Waals surface area contributed by atoms with Crippen molar-refractivity contribution in [2.24, 2.45) is 0 Å². The Labute approximate surface area is 160 Å². The van der Waals surface area contributed by atoms with Gasteiger partial charge < -0.3 is 10.4 Å². The van der Waals surface area contributed by atoms with Crippen LogP contribution in [0, 0.1) is 10.1 Å². The largest absolute Gasteiger partial charge is 0.508 e. The summed E-state index contributed by atoms with van der Waals surface area (Å²) in [5, 5.41) is 25.8. The number of non-ortho nitro benzene ring substituents is 1. The van der Waals surface area contributed by atoms with E-state index in [1.54, 1.807) is 42.7 Å². The maximum absolute atomic E-state index is 11.0. The summed E-state index contributed by atoms with van der Waals surface area (Å²) in [5.41, 5.74) is 2.13. The van der Waals surface area contributed by atoms with Crippen LogP contribution in [0.4, 0.5) is 11.5 Å². The summed E-state index contributed by atoms with van der Waals surface area (Å²) in [7, 11) is 0. The Morgan fingerprint density at radius 3 is 2.43 bits per heavy atom. The lowest BCUT2D eigenvalue weighted by molar-refractivity contribution is -0.384. The van der Waals surface area contributed by atoms with E-state index < -0.39 is 11.0 Å². The number of benzene rings is 2. The van der Waals surface area contributed by atoms with Gasteiger partial charge in [-0.15, -0.1) is 0 Å². The summed E-state index contributed by atoms with van der Waals surface area (Å²) in [4.78, 5) is 19.2. The zero-order valence-corrected chi connectivity index (χ0v) is 14.7. The van der Waals surface area contributed by atoms with Crippen LogP contribution in [-0.2, 0) is 0 Å². The molecule has 7 heteroatoms. The third-order valence-electron chi connectivity index (χ3n) is 4.49. The van der Waals surface area contributed by atoms with Crippen LogP contribution in [0.5, 0.6) is 5.75 Å². The van der Waals surface area contributed by atoms with Gasteiger partial charge in [-0.25, -0.2) is 4.98 Å². The van der Waals surface area contributed by atoms with Crippen molar-refractivity contribution in [1.82, 2.24) is 9.97 Å². The molecule has 2 heterocycles. The first-order chi connectivity index (χ1) is 13.6. The Bertz CT molecular complexity index is 1130. The van der Waals surface area contributed by atoms with Crippen molar-refractivity contribution < 1.29 is 10.0 Å². The highest BCUT2D eigenvalue weighted by molar-refractivity contribution is 5.86. The molecule has 0 aliphatic rings. The fourth-order valence-corrected chi connectivity index (χ4v) is 3.17. The Hall–Kier alpha value is -4.00. The summed E-state index contributed by atoms with van der Waals surface area (Å²) in [6, 6.07) is 18.3. The van der Waals surface area contributed by atoms with Gasteiger partial charge in [0.05, 0.1) is 16.5 Å². The van der Waals surface area contributed by atoms with Crippen LogP contribution in [0.15, 0.2) is 79.1 Å². The van der Waals surface area contributed by atoms with Crippen molar-refractivity contribution >= 4 is 22.4 Å². The minimum Gasteiger partial charge on any atom is -0.508 e. The summed E-state index contributed by atoms with van der Waals surface area (Å²) in [6.45, 7) is 0. The van der Waals surface area contributed by atoms with Gasteiger partial charge in [-0.2, -0.15) is 0 Å². The quantitative estimate of drug-likeness (QED) is 0.397. The van der Waals surface area contributed by atoms with Gasteiger partial charge in [-0.3, -0.25) is 15.1 Å². The molecule has 0 unspecified atom stereocenters. The molecule has 4 rings (SSSR count). The van der Waals surface area contributed by atoms with Gasteiger partial charge in [0.1, 0.15) is 11.6 Å². The molecule has 0 bridgehead atoms. The fraction of sp³-hybridized carbons (Fsp3) is 0.0476. The van der Waals surface area contributed by atoms with E-state index in [2.05, 4.69) is 15.3 Å². The molecule has 0 spiro atoms. The van der Waals surface area contributed by atoms with Gasteiger partial charge in [-0.05, 0) is 48.0 Å². The molecule has 0 saturated heterocycles. The van der Waals surface area contributed by atoms with E-state index in [4.69, 9.17) is 0 Å². The molecule has 4 aromatic rings. The molecule has 0 amide bonds. The smallest absolute Gasteiger partial charge is 0.269 e. The van der Waals surface area contributed by atoms with E-state index in [9.17, 15) is 15.2 Å². The van der Waals surface area contributed by atoms with Crippen LogP contribution in [0.1, 0.15) is 17.2 Å². The van der Waals surface area contributed by atoms with Crippen LogP contribution in [-0.4, -0.2) is 20.0 Å². The highest BCUT2D eigenvalue weighted by Gasteiger charge is 2.22. The molecule has 1 atom stereocenters. The van der Waals surface area contributed by atoms with Gasteiger partial charge in [0, 0.05) is 35.5 Å². The Kier molecular flexibility index (Phi) is 4.55. The zero-order chi connectivity index (χ0) is 19.5. The lowest BCUT2D eigenvalue weighted by Gasteiger charge is -2.22. The molecule has 28 heavy (non-hydrogen) atoms. The highest BCUT2D eigenvalue weighted by Crippen LogP contribution is 2.37. The number of pyridine rings is 2. The lowest BCUT2D eigenvalue weighted by atomic mass is 9.94. The first kappa shape index (κ1) is 17.4. The van der Waals surface area contributed by atoms with Crippen LogP contribution in [0.25, 0.3) is 10.9 Å². The normalized spacial score (nSPS) is 11.9. The highest BCUT2D eigenvalue weighted by atomic mass is 16.6. The number of nitro benzene ring substituents is 1. The van der Waals surface area contributed by atoms with Gasteiger partial charge in [0.2, 0.25) is 0 Å². The number of nitrogens with zero attached hydrogens (tertiary/aromatic N) is 3. The van der Waals surface area contributed by atoms with Crippen molar-refractivity contribution in [2.45, 2.75) is 6.04 Å². The number of phenols is 1. The van der Waals surface area contributed by atoms with E-state index in [0.717, 1.165) is 16.5 Å². The van der Waals surface area contributed by atoms with Crippen molar-refractivity contribution in [3.05, 3.63) is 100 Å². The van der Waals surface area contributed by atoms with Gasteiger partial charge in [-0.1, -0.05) is 12.1 Å². The molecular formula is C21H16N4O3. The second-order valence-corrected chi connectivity index (χ2v) is 6.21. The van der Waals surface area contributed by atoms with Gasteiger partial charge in [0.25, 0.3) is 5.69 Å².